The van der Waals surface area contributed by atoms with E-state index in [0.29, 0.717) is 13.2 Å². The molecule has 14 heavy (non-hydrogen) atoms. The molecule has 1 aromatic rings. The highest BCUT2D eigenvalue weighted by Gasteiger charge is 2.20. The fraction of sp³-hybridized carbons (Fsp3) is 0.400. The lowest BCUT2D eigenvalue weighted by atomic mass is 10.1. The van der Waals surface area contributed by atoms with Gasteiger partial charge in [0.1, 0.15) is 13.2 Å². The first-order valence-corrected chi connectivity index (χ1v) is 5.33. The van der Waals surface area contributed by atoms with E-state index in [0.717, 1.165) is 21.5 Å². The summed E-state index contributed by atoms with van der Waals surface area (Å²) in [6.07, 6.45) is 0. The van der Waals surface area contributed by atoms with Crippen molar-refractivity contribution in [3.63, 3.8) is 0 Å². The molecule has 1 aliphatic rings. The number of hydrogen-bond acceptors (Lipinski definition) is 3. The molecule has 0 aromatic heterocycles. The van der Waals surface area contributed by atoms with E-state index in [9.17, 15) is 0 Å². The molecule has 0 bridgehead atoms. The Balaban J connectivity index is 2.55. The van der Waals surface area contributed by atoms with Crippen LogP contribution in [0, 0.1) is 0 Å². The maximum absolute atomic E-state index is 5.87. The van der Waals surface area contributed by atoms with E-state index in [1.54, 1.807) is 0 Å². The van der Waals surface area contributed by atoms with Crippen LogP contribution in [0.5, 0.6) is 11.5 Å². The van der Waals surface area contributed by atoms with Crippen molar-refractivity contribution in [1.29, 1.82) is 0 Å². The number of benzene rings is 1. The molecule has 0 aliphatic carbocycles. The molecular weight excluding hydrogens is 246 g/mol. The van der Waals surface area contributed by atoms with E-state index < -0.39 is 0 Å². The lowest BCUT2D eigenvalue weighted by molar-refractivity contribution is 0.169. The molecule has 0 saturated carbocycles. The Morgan fingerprint density at radius 1 is 1.36 bits per heavy atom. The van der Waals surface area contributed by atoms with Crippen LogP contribution in [0.1, 0.15) is 18.5 Å². The molecule has 1 atom stereocenters. The maximum Gasteiger partial charge on any atom is 0.167 e. The summed E-state index contributed by atoms with van der Waals surface area (Å²) in [7, 11) is 0. The average Bonchev–Trinajstić information content (AvgIpc) is 2.17. The standard InChI is InChI=1S/C10H12BrNO2/c1-6(12)9-7(11)2-3-8-10(9)14-5-4-13-8/h2-3,6H,4-5,12H2,1H3. The maximum atomic E-state index is 5.87. The predicted octanol–water partition coefficient (Wildman–Crippen LogP) is 2.24. The molecular formula is C10H12BrNO2. The SMILES string of the molecule is CC(N)c1c(Br)ccc2c1OCCO2. The Morgan fingerprint density at radius 3 is 2.79 bits per heavy atom. The van der Waals surface area contributed by atoms with Crippen LogP contribution in [0.15, 0.2) is 16.6 Å². The minimum absolute atomic E-state index is 0.0685. The van der Waals surface area contributed by atoms with Crippen molar-refractivity contribution in [1.82, 2.24) is 0 Å². The zero-order valence-corrected chi connectivity index (χ0v) is 9.50. The second-order valence-corrected chi connectivity index (χ2v) is 4.13. The van der Waals surface area contributed by atoms with Gasteiger partial charge in [-0.25, -0.2) is 0 Å². The van der Waals surface area contributed by atoms with Crippen molar-refractivity contribution < 1.29 is 9.47 Å². The fourth-order valence-electron chi connectivity index (χ4n) is 1.54. The van der Waals surface area contributed by atoms with Gasteiger partial charge >= 0.3 is 0 Å². The van der Waals surface area contributed by atoms with Gasteiger partial charge in [-0.05, 0) is 19.1 Å². The molecule has 0 radical (unpaired) electrons. The normalized spacial score (nSPS) is 16.5. The second kappa shape index (κ2) is 3.79. The van der Waals surface area contributed by atoms with Gasteiger partial charge in [0.2, 0.25) is 0 Å². The van der Waals surface area contributed by atoms with Crippen LogP contribution in [0.2, 0.25) is 0 Å². The Labute approximate surface area is 91.3 Å². The van der Waals surface area contributed by atoms with E-state index in [4.69, 9.17) is 15.2 Å². The molecule has 1 aliphatic heterocycles. The van der Waals surface area contributed by atoms with E-state index >= 15 is 0 Å². The highest BCUT2D eigenvalue weighted by Crippen LogP contribution is 2.40. The Bertz CT molecular complexity index is 352. The summed E-state index contributed by atoms with van der Waals surface area (Å²) in [5.41, 5.74) is 6.85. The summed E-state index contributed by atoms with van der Waals surface area (Å²) in [6, 6.07) is 3.76. The lowest BCUT2D eigenvalue weighted by Gasteiger charge is -2.23. The minimum atomic E-state index is -0.0685. The monoisotopic (exact) mass is 257 g/mol. The van der Waals surface area contributed by atoms with Crippen molar-refractivity contribution in [2.24, 2.45) is 5.73 Å². The van der Waals surface area contributed by atoms with Gasteiger partial charge < -0.3 is 15.2 Å². The van der Waals surface area contributed by atoms with Crippen LogP contribution < -0.4 is 15.2 Å². The summed E-state index contributed by atoms with van der Waals surface area (Å²) in [5.74, 6) is 1.56. The van der Waals surface area contributed by atoms with Crippen LogP contribution in [0.3, 0.4) is 0 Å². The molecule has 1 aromatic carbocycles. The third-order valence-corrected chi connectivity index (χ3v) is 2.84. The van der Waals surface area contributed by atoms with E-state index in [1.807, 2.05) is 19.1 Å². The van der Waals surface area contributed by atoms with Crippen molar-refractivity contribution in [2.45, 2.75) is 13.0 Å². The number of hydrogen-bond donors (Lipinski definition) is 1. The van der Waals surface area contributed by atoms with E-state index in [1.165, 1.54) is 0 Å². The van der Waals surface area contributed by atoms with Gasteiger partial charge in [0, 0.05) is 16.1 Å². The molecule has 0 spiro atoms. The van der Waals surface area contributed by atoms with Crippen LogP contribution in [0.4, 0.5) is 0 Å². The molecule has 76 valence electrons. The Morgan fingerprint density at radius 2 is 2.07 bits per heavy atom. The molecule has 1 unspecified atom stereocenters. The molecule has 4 heteroatoms. The van der Waals surface area contributed by atoms with Crippen LogP contribution in [0.25, 0.3) is 0 Å². The number of rotatable bonds is 1. The zero-order chi connectivity index (χ0) is 10.1. The van der Waals surface area contributed by atoms with Crippen molar-refractivity contribution in [2.75, 3.05) is 13.2 Å². The molecule has 0 amide bonds. The first kappa shape index (κ1) is 9.80. The largest absolute Gasteiger partial charge is 0.486 e. The number of fused-ring (bicyclic) bond motifs is 1. The van der Waals surface area contributed by atoms with Gasteiger partial charge in [-0.15, -0.1) is 0 Å². The number of halogens is 1. The predicted molar refractivity (Wildman–Crippen MR) is 57.7 cm³/mol. The molecule has 1 heterocycles. The zero-order valence-electron chi connectivity index (χ0n) is 7.92. The van der Waals surface area contributed by atoms with E-state index in [2.05, 4.69) is 15.9 Å². The topological polar surface area (TPSA) is 44.5 Å². The van der Waals surface area contributed by atoms with Gasteiger partial charge in [-0.2, -0.15) is 0 Å². The minimum Gasteiger partial charge on any atom is -0.486 e. The Kier molecular flexibility index (Phi) is 2.65. The summed E-state index contributed by atoms with van der Waals surface area (Å²) < 4.78 is 12.0. The molecule has 3 nitrogen and oxygen atoms in total. The quantitative estimate of drug-likeness (QED) is 0.840. The smallest absolute Gasteiger partial charge is 0.167 e. The van der Waals surface area contributed by atoms with Gasteiger partial charge in [0.05, 0.1) is 0 Å². The van der Waals surface area contributed by atoms with Crippen LogP contribution >= 0.6 is 15.9 Å². The van der Waals surface area contributed by atoms with Gasteiger partial charge in [-0.1, -0.05) is 15.9 Å². The highest BCUT2D eigenvalue weighted by molar-refractivity contribution is 9.10. The van der Waals surface area contributed by atoms with Gasteiger partial charge in [0.15, 0.2) is 11.5 Å². The molecule has 0 fully saturated rings. The fourth-order valence-corrected chi connectivity index (χ4v) is 2.21. The summed E-state index contributed by atoms with van der Waals surface area (Å²) in [5, 5.41) is 0. The third kappa shape index (κ3) is 1.60. The first-order valence-electron chi connectivity index (χ1n) is 4.53. The van der Waals surface area contributed by atoms with Crippen LogP contribution in [-0.2, 0) is 0 Å². The number of ether oxygens (including phenoxy) is 2. The van der Waals surface area contributed by atoms with Gasteiger partial charge in [-0.3, -0.25) is 0 Å². The average molecular weight is 258 g/mol. The van der Waals surface area contributed by atoms with Crippen LogP contribution in [-0.4, -0.2) is 13.2 Å². The lowest BCUT2D eigenvalue weighted by Crippen LogP contribution is -2.18. The first-order chi connectivity index (χ1) is 6.70. The van der Waals surface area contributed by atoms with E-state index in [-0.39, 0.29) is 6.04 Å². The van der Waals surface area contributed by atoms with Crippen molar-refractivity contribution in [3.05, 3.63) is 22.2 Å². The molecule has 2 rings (SSSR count). The number of nitrogens with two attached hydrogens (primary N) is 1. The third-order valence-electron chi connectivity index (χ3n) is 2.15. The van der Waals surface area contributed by atoms with Crippen molar-refractivity contribution >= 4 is 15.9 Å². The van der Waals surface area contributed by atoms with Crippen molar-refractivity contribution in [3.8, 4) is 11.5 Å². The second-order valence-electron chi connectivity index (χ2n) is 3.27. The van der Waals surface area contributed by atoms with Gasteiger partial charge in [0.25, 0.3) is 0 Å². The Hall–Kier alpha value is -0.740. The highest BCUT2D eigenvalue weighted by atomic mass is 79.9. The molecule has 0 saturated heterocycles. The summed E-state index contributed by atoms with van der Waals surface area (Å²) in [4.78, 5) is 0. The molecule has 2 N–H and O–H groups in total. The summed E-state index contributed by atoms with van der Waals surface area (Å²) >= 11 is 3.46. The summed E-state index contributed by atoms with van der Waals surface area (Å²) in [6.45, 7) is 3.12.